The van der Waals surface area contributed by atoms with Gasteiger partial charge in [0.1, 0.15) is 25.4 Å². The maximum absolute atomic E-state index is 12.0. The highest BCUT2D eigenvalue weighted by atomic mass is 16.6. The van der Waals surface area contributed by atoms with Crippen LogP contribution in [0.4, 0.5) is 9.59 Å². The summed E-state index contributed by atoms with van der Waals surface area (Å²) in [6, 6.07) is 5.28. The molecule has 0 fully saturated rings. The summed E-state index contributed by atoms with van der Waals surface area (Å²) in [5.41, 5.74) is 16.4. The van der Waals surface area contributed by atoms with E-state index in [2.05, 4.69) is 29.5 Å². The molecule has 30 heavy (non-hydrogen) atoms. The van der Waals surface area contributed by atoms with Crippen LogP contribution < -0.4 is 0 Å². The van der Waals surface area contributed by atoms with E-state index in [-0.39, 0.29) is 24.3 Å². The predicted molar refractivity (Wildman–Crippen MR) is 97.2 cm³/mol. The number of nitrogens with zero attached hydrogens (tertiary/aromatic N) is 6. The summed E-state index contributed by atoms with van der Waals surface area (Å²) in [7, 11) is 0. The van der Waals surface area contributed by atoms with Crippen molar-refractivity contribution in [1.82, 2.24) is 0 Å². The third-order valence-corrected chi connectivity index (χ3v) is 3.11. The van der Waals surface area contributed by atoms with Gasteiger partial charge < -0.3 is 18.9 Å². The number of esters is 2. The number of ether oxygens (including phenoxy) is 4. The summed E-state index contributed by atoms with van der Waals surface area (Å²) in [5, 5.41) is 5.43. The van der Waals surface area contributed by atoms with Crippen molar-refractivity contribution < 1.29 is 38.1 Å². The normalized spacial score (nSPS) is 11.5. The summed E-state index contributed by atoms with van der Waals surface area (Å²) < 4.78 is 19.2. The molecular weight excluding hydrogens is 404 g/mol. The monoisotopic (exact) mass is 420 g/mol. The Morgan fingerprint density at radius 3 is 1.43 bits per heavy atom. The molecule has 2 amide bonds. The average molecular weight is 420 g/mol. The number of rotatable bonds is 8. The minimum atomic E-state index is -1.15. The Kier molecular flexibility index (Phi) is 9.69. The van der Waals surface area contributed by atoms with Crippen molar-refractivity contribution in [1.29, 1.82) is 0 Å². The second-order valence-electron chi connectivity index (χ2n) is 5.54. The Morgan fingerprint density at radius 2 is 1.13 bits per heavy atom. The van der Waals surface area contributed by atoms with Crippen molar-refractivity contribution in [3.63, 3.8) is 0 Å². The van der Waals surface area contributed by atoms with E-state index in [1.807, 2.05) is 0 Å². The molecule has 0 bridgehead atoms. The van der Waals surface area contributed by atoms with Gasteiger partial charge in [0.05, 0.1) is 11.1 Å². The third-order valence-electron chi connectivity index (χ3n) is 3.11. The number of carbonyl (C=O) groups excluding carboxylic acids is 4. The molecular formula is C16H16N6O8. The van der Waals surface area contributed by atoms with Gasteiger partial charge in [-0.3, -0.25) is 0 Å². The van der Waals surface area contributed by atoms with Gasteiger partial charge in [0, 0.05) is 20.1 Å². The van der Waals surface area contributed by atoms with Gasteiger partial charge in [-0.25, -0.2) is 19.2 Å². The lowest BCUT2D eigenvalue weighted by molar-refractivity contribution is 0.0234. The quantitative estimate of drug-likeness (QED) is 0.199. The van der Waals surface area contributed by atoms with E-state index in [1.165, 1.54) is 38.1 Å². The van der Waals surface area contributed by atoms with Crippen LogP contribution in [-0.4, -0.2) is 49.5 Å². The first-order valence-electron chi connectivity index (χ1n) is 8.22. The maximum Gasteiger partial charge on any atom is 0.397 e. The Bertz CT molecular complexity index is 817. The SMILES string of the molecule is CC(COC(=O)c1ccc(C(=O)OCC(C)OC(=O)N=[N+]=[N-])cc1)OC(=O)N=[N+]=[N-]. The summed E-state index contributed by atoms with van der Waals surface area (Å²) in [6.07, 6.45) is -3.97. The van der Waals surface area contributed by atoms with Crippen LogP contribution in [-0.2, 0) is 18.9 Å². The molecule has 0 saturated heterocycles. The Balaban J connectivity index is 2.51. The van der Waals surface area contributed by atoms with Gasteiger partial charge in [0.2, 0.25) is 0 Å². The summed E-state index contributed by atoms with van der Waals surface area (Å²) in [6.45, 7) is 2.31. The van der Waals surface area contributed by atoms with Gasteiger partial charge in [0.25, 0.3) is 0 Å². The maximum atomic E-state index is 12.0. The second-order valence-corrected chi connectivity index (χ2v) is 5.54. The van der Waals surface area contributed by atoms with E-state index < -0.39 is 36.3 Å². The minimum Gasteiger partial charge on any atom is -0.458 e. The van der Waals surface area contributed by atoms with Crippen LogP contribution in [0.1, 0.15) is 34.6 Å². The lowest BCUT2D eigenvalue weighted by atomic mass is 10.1. The molecule has 0 aliphatic rings. The lowest BCUT2D eigenvalue weighted by Crippen LogP contribution is -2.21. The van der Waals surface area contributed by atoms with Gasteiger partial charge in [0.15, 0.2) is 0 Å². The zero-order chi connectivity index (χ0) is 22.5. The highest BCUT2D eigenvalue weighted by molar-refractivity contribution is 5.93. The zero-order valence-corrected chi connectivity index (χ0v) is 15.8. The fraction of sp³-hybridized carbons (Fsp3) is 0.375. The molecule has 0 spiro atoms. The summed E-state index contributed by atoms with van der Waals surface area (Å²) >= 11 is 0. The van der Waals surface area contributed by atoms with Crippen LogP contribution >= 0.6 is 0 Å². The molecule has 14 nitrogen and oxygen atoms in total. The molecule has 1 aromatic carbocycles. The molecule has 158 valence electrons. The van der Waals surface area contributed by atoms with Crippen molar-refractivity contribution in [2.24, 2.45) is 10.2 Å². The Labute approximate surface area is 168 Å². The fourth-order valence-electron chi connectivity index (χ4n) is 1.83. The van der Waals surface area contributed by atoms with Crippen LogP contribution in [0.3, 0.4) is 0 Å². The van der Waals surface area contributed by atoms with Gasteiger partial charge >= 0.3 is 24.1 Å². The van der Waals surface area contributed by atoms with Gasteiger partial charge in [-0.15, -0.1) is 0 Å². The second kappa shape index (κ2) is 12.2. The molecule has 1 rings (SSSR count). The smallest absolute Gasteiger partial charge is 0.397 e. The van der Waals surface area contributed by atoms with Crippen LogP contribution in [0.15, 0.2) is 34.5 Å². The topological polar surface area (TPSA) is 203 Å². The molecule has 2 atom stereocenters. The molecule has 0 aliphatic carbocycles. The Hall–Kier alpha value is -4.28. The number of hydrogen-bond acceptors (Lipinski definition) is 8. The van der Waals surface area contributed by atoms with E-state index in [0.29, 0.717) is 0 Å². The van der Waals surface area contributed by atoms with Crippen LogP contribution in [0.5, 0.6) is 0 Å². The molecule has 0 heterocycles. The van der Waals surface area contributed by atoms with Crippen molar-refractivity contribution in [3.8, 4) is 0 Å². The molecule has 1 aromatic rings. The van der Waals surface area contributed by atoms with Gasteiger partial charge in [-0.1, -0.05) is 0 Å². The first-order valence-corrected chi connectivity index (χ1v) is 8.22. The highest BCUT2D eigenvalue weighted by Crippen LogP contribution is 2.09. The molecule has 2 unspecified atom stereocenters. The number of amides is 2. The highest BCUT2D eigenvalue weighted by Gasteiger charge is 2.15. The van der Waals surface area contributed by atoms with E-state index >= 15 is 0 Å². The molecule has 14 heteroatoms. The van der Waals surface area contributed by atoms with Gasteiger partial charge in [-0.2, -0.15) is 0 Å². The Morgan fingerprint density at radius 1 is 0.800 bits per heavy atom. The summed E-state index contributed by atoms with van der Waals surface area (Å²) in [5.74, 6) is -1.47. The van der Waals surface area contributed by atoms with Crippen molar-refractivity contribution >= 4 is 24.1 Å². The molecule has 0 aliphatic heterocycles. The predicted octanol–water partition coefficient (Wildman–Crippen LogP) is 3.67. The van der Waals surface area contributed by atoms with Crippen LogP contribution in [0, 0.1) is 0 Å². The van der Waals surface area contributed by atoms with E-state index in [4.69, 9.17) is 20.5 Å². The van der Waals surface area contributed by atoms with E-state index in [1.54, 1.807) is 0 Å². The standard InChI is InChI=1S/C16H16N6O8/c1-9(29-15(25)19-21-17)7-27-13(23)11-3-5-12(6-4-11)14(24)28-8-10(2)30-16(26)20-22-18/h3-6,9-10H,7-8H2,1-2H3. The first-order chi connectivity index (χ1) is 14.3. The third kappa shape index (κ3) is 8.61. The van der Waals surface area contributed by atoms with Crippen LogP contribution in [0.25, 0.3) is 20.9 Å². The first kappa shape index (κ1) is 23.8. The average Bonchev–Trinajstić information content (AvgIpc) is 2.70. The molecule has 0 N–H and O–H groups in total. The fourth-order valence-corrected chi connectivity index (χ4v) is 1.83. The molecule has 0 radical (unpaired) electrons. The van der Waals surface area contributed by atoms with Crippen LogP contribution in [0.2, 0.25) is 0 Å². The molecule has 0 saturated carbocycles. The van der Waals surface area contributed by atoms with Crippen molar-refractivity contribution in [2.75, 3.05) is 13.2 Å². The number of carbonyl (C=O) groups is 4. The van der Waals surface area contributed by atoms with E-state index in [0.717, 1.165) is 0 Å². The number of azide groups is 2. The van der Waals surface area contributed by atoms with Crippen molar-refractivity contribution in [2.45, 2.75) is 26.1 Å². The largest absolute Gasteiger partial charge is 0.458 e. The number of hydrogen-bond donors (Lipinski definition) is 0. The van der Waals surface area contributed by atoms with Crippen molar-refractivity contribution in [3.05, 3.63) is 56.3 Å². The lowest BCUT2D eigenvalue weighted by Gasteiger charge is -2.13. The molecule has 0 aromatic heterocycles. The number of benzene rings is 1. The minimum absolute atomic E-state index is 0.122. The summed E-state index contributed by atoms with van der Waals surface area (Å²) in [4.78, 5) is 50.4. The van der Waals surface area contributed by atoms with E-state index in [9.17, 15) is 19.2 Å². The zero-order valence-electron chi connectivity index (χ0n) is 15.8. The van der Waals surface area contributed by atoms with Gasteiger partial charge in [-0.05, 0) is 49.2 Å².